The second-order valence-electron chi connectivity index (χ2n) is 3.14. The highest BCUT2D eigenvalue weighted by atomic mass is 32.2. The summed E-state index contributed by atoms with van der Waals surface area (Å²) in [7, 11) is 3.58. The van der Waals surface area contributed by atoms with Gasteiger partial charge in [-0.1, -0.05) is 11.8 Å². The van der Waals surface area contributed by atoms with Gasteiger partial charge in [0.05, 0.1) is 0 Å². The minimum absolute atomic E-state index is 0.474. The van der Waals surface area contributed by atoms with Gasteiger partial charge < -0.3 is 15.0 Å². The maximum absolute atomic E-state index is 10.7. The van der Waals surface area contributed by atoms with Crippen LogP contribution in [-0.4, -0.2) is 39.5 Å². The first-order valence-corrected chi connectivity index (χ1v) is 5.64. The summed E-state index contributed by atoms with van der Waals surface area (Å²) in [6, 6.07) is -0.474. The lowest BCUT2D eigenvalue weighted by atomic mass is 10.2. The normalized spacial score (nSPS) is 12.7. The second-order valence-corrected chi connectivity index (χ2v) is 4.20. The topological polar surface area (TPSA) is 67.2 Å². The average Bonchev–Trinajstić information content (AvgIpc) is 2.58. The van der Waals surface area contributed by atoms with Crippen molar-refractivity contribution >= 4 is 17.7 Å². The Balaban J connectivity index is 2.33. The Kier molecular flexibility index (Phi) is 4.64. The van der Waals surface area contributed by atoms with Crippen molar-refractivity contribution in [2.24, 2.45) is 7.05 Å². The van der Waals surface area contributed by atoms with Crippen LogP contribution in [0.1, 0.15) is 6.42 Å². The highest BCUT2D eigenvalue weighted by Crippen LogP contribution is 2.16. The molecule has 0 aliphatic rings. The first kappa shape index (κ1) is 12.1. The van der Waals surface area contributed by atoms with Crippen molar-refractivity contribution in [1.29, 1.82) is 0 Å². The third-order valence-electron chi connectivity index (χ3n) is 2.06. The van der Waals surface area contributed by atoms with Crippen molar-refractivity contribution in [2.75, 3.05) is 12.8 Å². The molecule has 1 heterocycles. The molecule has 0 aliphatic carbocycles. The number of aryl methyl sites for hydroxylation is 1. The number of aliphatic carboxylic acids is 1. The zero-order valence-corrected chi connectivity index (χ0v) is 9.62. The van der Waals surface area contributed by atoms with Crippen LogP contribution in [0.4, 0.5) is 0 Å². The van der Waals surface area contributed by atoms with Gasteiger partial charge >= 0.3 is 5.97 Å². The number of carboxylic acid groups (broad SMARTS) is 1. The summed E-state index contributed by atoms with van der Waals surface area (Å²) >= 11 is 1.56. The first-order chi connectivity index (χ1) is 7.15. The van der Waals surface area contributed by atoms with Gasteiger partial charge in [0.2, 0.25) is 0 Å². The molecule has 6 heteroatoms. The number of nitrogens with zero attached hydrogens (tertiary/aromatic N) is 2. The summed E-state index contributed by atoms with van der Waals surface area (Å²) in [6.45, 7) is 0. The Bertz CT molecular complexity index is 327. The fraction of sp³-hybridized carbons (Fsp3) is 0.556. The van der Waals surface area contributed by atoms with E-state index in [-0.39, 0.29) is 0 Å². The lowest BCUT2D eigenvalue weighted by molar-refractivity contribution is -0.139. The summed E-state index contributed by atoms with van der Waals surface area (Å²) in [6.07, 6.45) is 4.19. The minimum Gasteiger partial charge on any atom is -0.480 e. The molecule has 1 rings (SSSR count). The summed E-state index contributed by atoms with van der Waals surface area (Å²) < 4.78 is 1.92. The molecule has 1 aromatic rings. The molecule has 1 atom stereocenters. The molecule has 0 amide bonds. The molecular weight excluding hydrogens is 214 g/mol. The van der Waals surface area contributed by atoms with Gasteiger partial charge in [-0.3, -0.25) is 4.79 Å². The molecule has 0 spiro atoms. The van der Waals surface area contributed by atoms with E-state index < -0.39 is 12.0 Å². The third-order valence-corrected chi connectivity index (χ3v) is 3.15. The Morgan fingerprint density at radius 2 is 2.53 bits per heavy atom. The predicted molar refractivity (Wildman–Crippen MR) is 59.0 cm³/mol. The van der Waals surface area contributed by atoms with Gasteiger partial charge in [0.15, 0.2) is 5.16 Å². The Hall–Kier alpha value is -1.01. The molecular formula is C9H15N3O2S. The van der Waals surface area contributed by atoms with Crippen LogP contribution in [0.3, 0.4) is 0 Å². The van der Waals surface area contributed by atoms with E-state index in [4.69, 9.17) is 5.11 Å². The summed E-state index contributed by atoms with van der Waals surface area (Å²) in [5, 5.41) is 12.5. The van der Waals surface area contributed by atoms with Crippen LogP contribution in [0.15, 0.2) is 17.6 Å². The lowest BCUT2D eigenvalue weighted by Gasteiger charge is -2.09. The first-order valence-electron chi connectivity index (χ1n) is 4.65. The van der Waals surface area contributed by atoms with Crippen molar-refractivity contribution in [3.05, 3.63) is 12.4 Å². The SMILES string of the molecule is CNC(CCSc1nccn1C)C(=O)O. The molecule has 15 heavy (non-hydrogen) atoms. The Labute approximate surface area is 92.9 Å². The number of likely N-dealkylation sites (N-methyl/N-ethyl adjacent to an activating group) is 1. The van der Waals surface area contributed by atoms with Crippen molar-refractivity contribution in [3.63, 3.8) is 0 Å². The molecule has 0 aliphatic heterocycles. The van der Waals surface area contributed by atoms with E-state index in [0.29, 0.717) is 6.42 Å². The molecule has 5 nitrogen and oxygen atoms in total. The van der Waals surface area contributed by atoms with Gasteiger partial charge in [0.1, 0.15) is 6.04 Å². The molecule has 1 aromatic heterocycles. The summed E-state index contributed by atoms with van der Waals surface area (Å²) in [5.74, 6) is -0.0687. The van der Waals surface area contributed by atoms with Crippen LogP contribution >= 0.6 is 11.8 Å². The van der Waals surface area contributed by atoms with Crippen molar-refractivity contribution in [2.45, 2.75) is 17.6 Å². The summed E-state index contributed by atoms with van der Waals surface area (Å²) in [5.41, 5.74) is 0. The monoisotopic (exact) mass is 229 g/mol. The van der Waals surface area contributed by atoms with E-state index in [1.807, 2.05) is 17.8 Å². The van der Waals surface area contributed by atoms with E-state index in [1.54, 1.807) is 25.0 Å². The fourth-order valence-electron chi connectivity index (χ4n) is 1.15. The maximum atomic E-state index is 10.7. The number of imidazole rings is 1. The highest BCUT2D eigenvalue weighted by Gasteiger charge is 2.14. The number of carboxylic acids is 1. The number of hydrogen-bond acceptors (Lipinski definition) is 4. The van der Waals surface area contributed by atoms with E-state index >= 15 is 0 Å². The number of carbonyl (C=O) groups is 1. The standard InChI is InChI=1S/C9H15N3O2S/c1-10-7(8(13)14)3-6-15-9-11-4-5-12(9)2/h4-5,7,10H,3,6H2,1-2H3,(H,13,14). The Morgan fingerprint density at radius 3 is 3.00 bits per heavy atom. The number of hydrogen-bond donors (Lipinski definition) is 2. The van der Waals surface area contributed by atoms with Crippen molar-refractivity contribution in [1.82, 2.24) is 14.9 Å². The van der Waals surface area contributed by atoms with E-state index in [2.05, 4.69) is 10.3 Å². The van der Waals surface area contributed by atoms with Crippen molar-refractivity contribution in [3.8, 4) is 0 Å². The van der Waals surface area contributed by atoms with Crippen molar-refractivity contribution < 1.29 is 9.90 Å². The van der Waals surface area contributed by atoms with Gasteiger partial charge in [-0.15, -0.1) is 0 Å². The summed E-state index contributed by atoms with van der Waals surface area (Å²) in [4.78, 5) is 14.8. The molecule has 1 unspecified atom stereocenters. The zero-order chi connectivity index (χ0) is 11.3. The van der Waals surface area contributed by atoms with E-state index in [1.165, 1.54) is 0 Å². The Morgan fingerprint density at radius 1 is 1.80 bits per heavy atom. The molecule has 0 bridgehead atoms. The second kappa shape index (κ2) is 5.77. The van der Waals surface area contributed by atoms with Crippen LogP contribution in [0.25, 0.3) is 0 Å². The molecule has 0 radical (unpaired) electrons. The molecule has 0 saturated carbocycles. The predicted octanol–water partition coefficient (Wildman–Crippen LogP) is 0.575. The quantitative estimate of drug-likeness (QED) is 0.698. The molecule has 0 aromatic carbocycles. The number of thioether (sulfide) groups is 1. The average molecular weight is 229 g/mol. The molecule has 84 valence electrons. The highest BCUT2D eigenvalue weighted by molar-refractivity contribution is 7.99. The van der Waals surface area contributed by atoms with Crippen LogP contribution in [0.2, 0.25) is 0 Å². The van der Waals surface area contributed by atoms with Crippen LogP contribution in [0.5, 0.6) is 0 Å². The largest absolute Gasteiger partial charge is 0.480 e. The zero-order valence-electron chi connectivity index (χ0n) is 8.80. The van der Waals surface area contributed by atoms with Crippen LogP contribution in [-0.2, 0) is 11.8 Å². The van der Waals surface area contributed by atoms with Gasteiger partial charge in [-0.05, 0) is 13.5 Å². The van der Waals surface area contributed by atoms with Gasteiger partial charge in [0.25, 0.3) is 0 Å². The lowest BCUT2D eigenvalue weighted by Crippen LogP contribution is -2.34. The van der Waals surface area contributed by atoms with E-state index in [9.17, 15) is 4.79 Å². The van der Waals surface area contributed by atoms with E-state index in [0.717, 1.165) is 10.9 Å². The third kappa shape index (κ3) is 3.56. The van der Waals surface area contributed by atoms with Gasteiger partial charge in [0, 0.05) is 25.2 Å². The van der Waals surface area contributed by atoms with Gasteiger partial charge in [-0.25, -0.2) is 4.98 Å². The number of nitrogens with one attached hydrogen (secondary N) is 1. The maximum Gasteiger partial charge on any atom is 0.320 e. The van der Waals surface area contributed by atoms with Gasteiger partial charge in [-0.2, -0.15) is 0 Å². The van der Waals surface area contributed by atoms with Crippen LogP contribution in [0, 0.1) is 0 Å². The van der Waals surface area contributed by atoms with Crippen LogP contribution < -0.4 is 5.32 Å². The fourth-order valence-corrected chi connectivity index (χ4v) is 2.09. The molecule has 2 N–H and O–H groups in total. The minimum atomic E-state index is -0.807. The smallest absolute Gasteiger partial charge is 0.320 e. The number of rotatable bonds is 6. The molecule has 0 fully saturated rings. The molecule has 0 saturated heterocycles. The number of aromatic nitrogens is 2.